The molecule has 2 aliphatic rings. The number of fused-ring (bicyclic) bond motifs is 1. The summed E-state index contributed by atoms with van der Waals surface area (Å²) in [5.41, 5.74) is 3.48. The third-order valence-corrected chi connectivity index (χ3v) is 6.87. The van der Waals surface area contributed by atoms with E-state index in [2.05, 4.69) is 10.6 Å². The third-order valence-electron chi connectivity index (χ3n) is 6.63. The summed E-state index contributed by atoms with van der Waals surface area (Å²) < 4.78 is 13.4. The van der Waals surface area contributed by atoms with E-state index in [0.717, 1.165) is 36.0 Å². The second kappa shape index (κ2) is 8.06. The van der Waals surface area contributed by atoms with Crippen molar-refractivity contribution in [3.8, 4) is 0 Å². The average molecular weight is 449 g/mol. The monoisotopic (exact) mass is 448 g/mol. The largest absolute Gasteiger partial charge is 0.348 e. The van der Waals surface area contributed by atoms with Crippen LogP contribution in [0.25, 0.3) is 0 Å². The Labute approximate surface area is 190 Å². The molecule has 2 N–H and O–H groups in total. The summed E-state index contributed by atoms with van der Waals surface area (Å²) in [5.74, 6) is -0.470. The number of carbonyl (C=O) groups is 2. The first-order valence-electron chi connectivity index (χ1n) is 10.7. The maximum atomic E-state index is 13.4. The fraction of sp³-hybridized carbons (Fsp3) is 0.231. The Balaban J connectivity index is 1.28. The van der Waals surface area contributed by atoms with Crippen molar-refractivity contribution >= 4 is 29.1 Å². The van der Waals surface area contributed by atoms with Crippen molar-refractivity contribution in [1.82, 2.24) is 5.32 Å². The van der Waals surface area contributed by atoms with Crippen LogP contribution in [-0.4, -0.2) is 11.8 Å². The highest BCUT2D eigenvalue weighted by atomic mass is 35.5. The number of benzene rings is 3. The normalized spacial score (nSPS) is 18.0. The molecule has 3 aromatic carbocycles. The molecule has 1 unspecified atom stereocenters. The van der Waals surface area contributed by atoms with Crippen LogP contribution in [0.2, 0.25) is 5.02 Å². The lowest BCUT2D eigenvalue weighted by Gasteiger charge is -2.43. The lowest BCUT2D eigenvalue weighted by atomic mass is 9.63. The Hall–Kier alpha value is -3.18. The number of rotatable bonds is 5. The van der Waals surface area contributed by atoms with E-state index in [9.17, 15) is 14.0 Å². The van der Waals surface area contributed by atoms with Crippen molar-refractivity contribution in [2.75, 3.05) is 5.32 Å². The molecule has 1 atom stereocenters. The summed E-state index contributed by atoms with van der Waals surface area (Å²) in [6.07, 6.45) is 3.22. The number of anilines is 1. The molecular formula is C26H22ClFN2O2. The highest BCUT2D eigenvalue weighted by Crippen LogP contribution is 2.45. The van der Waals surface area contributed by atoms with E-state index < -0.39 is 5.41 Å². The quantitative estimate of drug-likeness (QED) is 0.536. The number of nitrogens with one attached hydrogen (secondary N) is 2. The van der Waals surface area contributed by atoms with Crippen LogP contribution in [0.3, 0.4) is 0 Å². The number of hydrogen-bond donors (Lipinski definition) is 2. The van der Waals surface area contributed by atoms with E-state index in [-0.39, 0.29) is 23.7 Å². The van der Waals surface area contributed by atoms with Crippen LogP contribution in [-0.2, 0) is 16.6 Å². The van der Waals surface area contributed by atoms with Gasteiger partial charge < -0.3 is 10.6 Å². The van der Waals surface area contributed by atoms with Crippen molar-refractivity contribution < 1.29 is 14.0 Å². The molecule has 0 saturated heterocycles. The Morgan fingerprint density at radius 2 is 1.78 bits per heavy atom. The zero-order valence-electron chi connectivity index (χ0n) is 17.3. The molecule has 0 aliphatic heterocycles. The van der Waals surface area contributed by atoms with Gasteiger partial charge in [0.25, 0.3) is 5.91 Å². The third kappa shape index (κ3) is 3.67. The molecule has 6 heteroatoms. The van der Waals surface area contributed by atoms with Crippen LogP contribution in [0.5, 0.6) is 0 Å². The lowest BCUT2D eigenvalue weighted by Crippen LogP contribution is -2.51. The summed E-state index contributed by atoms with van der Waals surface area (Å²) in [6, 6.07) is 18.9. The van der Waals surface area contributed by atoms with Crippen molar-refractivity contribution in [3.63, 3.8) is 0 Å². The zero-order chi connectivity index (χ0) is 22.3. The topological polar surface area (TPSA) is 58.2 Å². The molecule has 0 aromatic heterocycles. The minimum absolute atomic E-state index is 0.0134. The molecule has 2 aliphatic carbocycles. The number of hydrogen-bond acceptors (Lipinski definition) is 2. The van der Waals surface area contributed by atoms with Gasteiger partial charge in [-0.25, -0.2) is 4.39 Å². The first kappa shape index (κ1) is 20.7. The Morgan fingerprint density at radius 3 is 2.44 bits per heavy atom. The number of halogens is 2. The van der Waals surface area contributed by atoms with Crippen molar-refractivity contribution in [1.29, 1.82) is 0 Å². The Bertz CT molecular complexity index is 1200. The molecule has 5 rings (SSSR count). The summed E-state index contributed by atoms with van der Waals surface area (Å²) in [6.45, 7) is 0. The van der Waals surface area contributed by atoms with Gasteiger partial charge in [-0.3, -0.25) is 9.59 Å². The van der Waals surface area contributed by atoms with Gasteiger partial charge >= 0.3 is 0 Å². The van der Waals surface area contributed by atoms with Crippen LogP contribution in [0.15, 0.2) is 66.7 Å². The molecule has 2 amide bonds. The van der Waals surface area contributed by atoms with Crippen molar-refractivity contribution in [3.05, 3.63) is 99.8 Å². The minimum Gasteiger partial charge on any atom is -0.348 e. The molecular weight excluding hydrogens is 427 g/mol. The highest BCUT2D eigenvalue weighted by molar-refractivity contribution is 6.31. The minimum atomic E-state index is -0.550. The molecule has 4 nitrogen and oxygen atoms in total. The molecule has 0 heterocycles. The maximum absolute atomic E-state index is 13.4. The van der Waals surface area contributed by atoms with Crippen LogP contribution >= 0.6 is 11.6 Å². The van der Waals surface area contributed by atoms with E-state index in [1.54, 1.807) is 30.3 Å². The number of carbonyl (C=O) groups excluding carboxylic acids is 2. The fourth-order valence-electron chi connectivity index (χ4n) is 4.60. The van der Waals surface area contributed by atoms with E-state index in [1.165, 1.54) is 12.1 Å². The lowest BCUT2D eigenvalue weighted by molar-refractivity contribution is -0.130. The van der Waals surface area contributed by atoms with Gasteiger partial charge in [-0.15, -0.1) is 0 Å². The summed E-state index contributed by atoms with van der Waals surface area (Å²) in [4.78, 5) is 25.7. The Morgan fingerprint density at radius 1 is 1.00 bits per heavy atom. The van der Waals surface area contributed by atoms with Crippen LogP contribution in [0.1, 0.15) is 52.4 Å². The second-order valence-corrected chi connectivity index (χ2v) is 8.99. The summed E-state index contributed by atoms with van der Waals surface area (Å²) in [5, 5.41) is 6.53. The van der Waals surface area contributed by atoms with E-state index in [1.807, 2.05) is 24.3 Å². The van der Waals surface area contributed by atoms with Crippen LogP contribution in [0, 0.1) is 5.82 Å². The summed E-state index contributed by atoms with van der Waals surface area (Å²) >= 11 is 5.97. The Kier molecular flexibility index (Phi) is 5.22. The number of amides is 2. The molecule has 1 fully saturated rings. The molecule has 0 spiro atoms. The van der Waals surface area contributed by atoms with Gasteiger partial charge in [-0.05, 0) is 78.4 Å². The molecule has 0 bridgehead atoms. The molecule has 1 saturated carbocycles. The van der Waals surface area contributed by atoms with Gasteiger partial charge in [0.05, 0.1) is 11.5 Å². The smallest absolute Gasteiger partial charge is 0.255 e. The van der Waals surface area contributed by atoms with Crippen LogP contribution < -0.4 is 10.6 Å². The molecule has 3 aromatic rings. The molecule has 32 heavy (non-hydrogen) atoms. The predicted molar refractivity (Wildman–Crippen MR) is 122 cm³/mol. The standard InChI is InChI=1S/C26H22ClFN2O2/c27-19-4-1-3-16(13-19)24(31)29-21-8-5-18(6-9-21)26(11-2-12-26)25(32)30-23-15-17-14-20(28)7-10-22(17)23/h1,3-10,13-14,23H,2,11-12,15H2,(H,29,31)(H,30,32). The first-order valence-corrected chi connectivity index (χ1v) is 11.1. The van der Waals surface area contributed by atoms with Crippen molar-refractivity contribution in [2.24, 2.45) is 0 Å². The molecule has 162 valence electrons. The van der Waals surface area contributed by atoms with E-state index in [0.29, 0.717) is 22.7 Å². The van der Waals surface area contributed by atoms with Gasteiger partial charge in [-0.2, -0.15) is 0 Å². The van der Waals surface area contributed by atoms with E-state index in [4.69, 9.17) is 11.6 Å². The highest BCUT2D eigenvalue weighted by Gasteiger charge is 2.46. The van der Waals surface area contributed by atoms with Crippen molar-refractivity contribution in [2.45, 2.75) is 37.1 Å². The van der Waals surface area contributed by atoms with E-state index >= 15 is 0 Å². The van der Waals surface area contributed by atoms with Gasteiger partial charge in [0.1, 0.15) is 5.82 Å². The van der Waals surface area contributed by atoms with Gasteiger partial charge in [0.15, 0.2) is 0 Å². The van der Waals surface area contributed by atoms with Crippen LogP contribution in [0.4, 0.5) is 10.1 Å². The average Bonchev–Trinajstić information content (AvgIpc) is 2.73. The van der Waals surface area contributed by atoms with Gasteiger partial charge in [0.2, 0.25) is 5.91 Å². The summed E-state index contributed by atoms with van der Waals surface area (Å²) in [7, 11) is 0. The maximum Gasteiger partial charge on any atom is 0.255 e. The SMILES string of the molecule is O=C(Nc1ccc(C2(C(=O)NC3Cc4cc(F)ccc43)CCC2)cc1)c1cccc(Cl)c1. The first-order chi connectivity index (χ1) is 15.4. The zero-order valence-corrected chi connectivity index (χ0v) is 18.1. The van der Waals surface area contributed by atoms with Gasteiger partial charge in [-0.1, -0.05) is 42.3 Å². The second-order valence-electron chi connectivity index (χ2n) is 8.55. The predicted octanol–water partition coefficient (Wildman–Crippen LogP) is 5.57. The molecule has 0 radical (unpaired) electrons. The van der Waals surface area contributed by atoms with Gasteiger partial charge in [0, 0.05) is 16.3 Å². The fourth-order valence-corrected chi connectivity index (χ4v) is 4.79.